The van der Waals surface area contributed by atoms with Crippen molar-refractivity contribution in [2.75, 3.05) is 11.1 Å². The zero-order valence-corrected chi connectivity index (χ0v) is 22.6. The number of halogens is 9. The maximum absolute atomic E-state index is 12.9. The van der Waals surface area contributed by atoms with Gasteiger partial charge in [-0.1, -0.05) is 39.8 Å². The van der Waals surface area contributed by atoms with Gasteiger partial charge in [0, 0.05) is 30.4 Å². The lowest BCUT2D eigenvalue weighted by atomic mass is 9.98. The standard InChI is InChI=1S/C11H11BrF3NOS.C9H8Br2F3N/c1-7(17)18-5-4-9(11(13,14)15)8-2-3-10(12)16-6-8;10-4-3-7(9(12,13)14)6-1-2-8(11)15-5-6/h2-3,6,9H,4-5H2,1H3;1-2,5,7H,3-4H2. The van der Waals surface area contributed by atoms with Crippen LogP contribution in [0.15, 0.2) is 45.9 Å². The number of aromatic nitrogens is 2. The molecule has 13 heteroatoms. The quantitative estimate of drug-likeness (QED) is 0.166. The molecule has 2 unspecified atom stereocenters. The minimum Gasteiger partial charge on any atom is -0.288 e. The van der Waals surface area contributed by atoms with Gasteiger partial charge in [0.05, 0.1) is 11.8 Å². The smallest absolute Gasteiger partial charge is 0.288 e. The Morgan fingerprint density at radius 1 is 0.879 bits per heavy atom. The van der Waals surface area contributed by atoms with E-state index in [1.807, 2.05) is 0 Å². The van der Waals surface area contributed by atoms with Crippen LogP contribution >= 0.6 is 59.6 Å². The monoisotopic (exact) mass is 686 g/mol. The van der Waals surface area contributed by atoms with Crippen LogP contribution in [0.25, 0.3) is 0 Å². The van der Waals surface area contributed by atoms with E-state index in [-0.39, 0.29) is 34.8 Å². The minimum atomic E-state index is -4.33. The van der Waals surface area contributed by atoms with E-state index in [2.05, 4.69) is 57.8 Å². The van der Waals surface area contributed by atoms with Crippen LogP contribution in [0.2, 0.25) is 0 Å². The van der Waals surface area contributed by atoms with E-state index >= 15 is 0 Å². The van der Waals surface area contributed by atoms with Crippen LogP contribution < -0.4 is 0 Å². The van der Waals surface area contributed by atoms with Gasteiger partial charge in [0.1, 0.15) is 9.21 Å². The topological polar surface area (TPSA) is 42.9 Å². The van der Waals surface area contributed by atoms with Gasteiger partial charge in [0.25, 0.3) is 0 Å². The Bertz CT molecular complexity index is 864. The van der Waals surface area contributed by atoms with E-state index in [0.29, 0.717) is 14.5 Å². The third kappa shape index (κ3) is 11.5. The summed E-state index contributed by atoms with van der Waals surface area (Å²) in [7, 11) is 0. The molecule has 2 atom stereocenters. The molecule has 2 rings (SSSR count). The molecular weight excluding hydrogens is 670 g/mol. The second kappa shape index (κ2) is 14.0. The molecule has 0 saturated carbocycles. The fourth-order valence-electron chi connectivity index (χ4n) is 2.66. The number of thioether (sulfide) groups is 1. The summed E-state index contributed by atoms with van der Waals surface area (Å²) in [5.41, 5.74) is 0.319. The summed E-state index contributed by atoms with van der Waals surface area (Å²) in [5, 5.41) is 0.137. The van der Waals surface area contributed by atoms with E-state index in [1.165, 1.54) is 43.6 Å². The predicted octanol–water partition coefficient (Wildman–Crippen LogP) is 8.43. The molecule has 0 N–H and O–H groups in total. The first-order chi connectivity index (χ1) is 15.3. The van der Waals surface area contributed by atoms with Crippen molar-refractivity contribution in [1.82, 2.24) is 9.97 Å². The molecule has 0 aliphatic rings. The van der Waals surface area contributed by atoms with Crippen LogP contribution in [-0.2, 0) is 4.79 Å². The van der Waals surface area contributed by atoms with Gasteiger partial charge in [-0.05, 0) is 68.0 Å². The highest BCUT2D eigenvalue weighted by Gasteiger charge is 2.41. The molecule has 0 aliphatic heterocycles. The third-order valence-electron chi connectivity index (χ3n) is 4.21. The van der Waals surface area contributed by atoms with Crippen LogP contribution in [0, 0.1) is 0 Å². The second-order valence-electron chi connectivity index (χ2n) is 6.62. The molecule has 0 aromatic carbocycles. The van der Waals surface area contributed by atoms with Crippen LogP contribution in [0.5, 0.6) is 0 Å². The zero-order chi connectivity index (χ0) is 25.2. The SMILES string of the molecule is CC(=O)SCCC(c1ccc(Br)nc1)C(F)(F)F.FC(F)(F)C(CCBr)c1ccc(Br)nc1. The van der Waals surface area contributed by atoms with Crippen molar-refractivity contribution in [1.29, 1.82) is 0 Å². The molecule has 33 heavy (non-hydrogen) atoms. The van der Waals surface area contributed by atoms with Crippen molar-refractivity contribution in [2.45, 2.75) is 44.0 Å². The molecule has 0 spiro atoms. The Morgan fingerprint density at radius 2 is 1.30 bits per heavy atom. The average Bonchev–Trinajstić information content (AvgIpc) is 2.70. The number of alkyl halides is 7. The van der Waals surface area contributed by atoms with Gasteiger partial charge >= 0.3 is 12.4 Å². The molecule has 3 nitrogen and oxygen atoms in total. The fourth-order valence-corrected chi connectivity index (χ4v) is 4.22. The summed E-state index contributed by atoms with van der Waals surface area (Å²) < 4.78 is 77.6. The zero-order valence-electron chi connectivity index (χ0n) is 17.1. The Balaban J connectivity index is 0.000000335. The molecular formula is C20H19Br3F6N2OS. The number of hydrogen-bond donors (Lipinski definition) is 0. The maximum atomic E-state index is 12.9. The largest absolute Gasteiger partial charge is 0.395 e. The average molecular weight is 689 g/mol. The summed E-state index contributed by atoms with van der Waals surface area (Å²) in [5.74, 6) is -2.88. The van der Waals surface area contributed by atoms with Gasteiger partial charge in [-0.15, -0.1) is 0 Å². The molecule has 2 aromatic heterocycles. The molecule has 0 aliphatic carbocycles. The van der Waals surface area contributed by atoms with Gasteiger partial charge in [-0.2, -0.15) is 26.3 Å². The Hall–Kier alpha value is -0.660. The Kier molecular flexibility index (Phi) is 12.9. The highest BCUT2D eigenvalue weighted by atomic mass is 79.9. The van der Waals surface area contributed by atoms with E-state index in [1.54, 1.807) is 0 Å². The van der Waals surface area contributed by atoms with Crippen molar-refractivity contribution >= 4 is 64.7 Å². The van der Waals surface area contributed by atoms with Crippen molar-refractivity contribution in [2.24, 2.45) is 0 Å². The van der Waals surface area contributed by atoms with Crippen molar-refractivity contribution in [3.63, 3.8) is 0 Å². The molecule has 184 valence electrons. The van der Waals surface area contributed by atoms with Crippen LogP contribution in [0.1, 0.15) is 42.7 Å². The highest BCUT2D eigenvalue weighted by molar-refractivity contribution is 9.10. The van der Waals surface area contributed by atoms with Gasteiger partial charge in [0.15, 0.2) is 5.12 Å². The molecule has 0 radical (unpaired) electrons. The molecule has 0 bridgehead atoms. The third-order valence-corrected chi connectivity index (χ3v) is 6.45. The van der Waals surface area contributed by atoms with Gasteiger partial charge in [-0.25, -0.2) is 9.97 Å². The van der Waals surface area contributed by atoms with Crippen LogP contribution in [-0.4, -0.2) is 38.5 Å². The molecule has 2 heterocycles. The minimum absolute atomic E-state index is 0.0206. The first-order valence-corrected chi connectivity index (χ1v) is 13.0. The van der Waals surface area contributed by atoms with Crippen molar-refractivity contribution in [3.8, 4) is 0 Å². The van der Waals surface area contributed by atoms with E-state index in [9.17, 15) is 31.1 Å². The highest BCUT2D eigenvalue weighted by Crippen LogP contribution is 2.39. The van der Waals surface area contributed by atoms with Crippen LogP contribution in [0.4, 0.5) is 26.3 Å². The molecule has 0 amide bonds. The first-order valence-electron chi connectivity index (χ1n) is 9.31. The number of rotatable bonds is 7. The second-order valence-corrected chi connectivity index (χ2v) is 10.3. The number of nitrogens with zero attached hydrogens (tertiary/aromatic N) is 2. The molecule has 0 fully saturated rings. The summed E-state index contributed by atoms with van der Waals surface area (Å²) in [6, 6.07) is 5.83. The fraction of sp³-hybridized carbons (Fsp3) is 0.450. The number of hydrogen-bond acceptors (Lipinski definition) is 4. The lowest BCUT2D eigenvalue weighted by molar-refractivity contribution is -0.151. The summed E-state index contributed by atoms with van der Waals surface area (Å²) in [6.45, 7) is 1.34. The van der Waals surface area contributed by atoms with E-state index in [0.717, 1.165) is 11.8 Å². The number of carbonyl (C=O) groups excluding carboxylic acids is 1. The Labute approximate surface area is 216 Å². The van der Waals surface area contributed by atoms with Gasteiger partial charge < -0.3 is 0 Å². The van der Waals surface area contributed by atoms with Crippen molar-refractivity contribution in [3.05, 3.63) is 57.0 Å². The summed E-state index contributed by atoms with van der Waals surface area (Å²) >= 11 is 10.1. The summed E-state index contributed by atoms with van der Waals surface area (Å²) in [4.78, 5) is 18.3. The van der Waals surface area contributed by atoms with Crippen molar-refractivity contribution < 1.29 is 31.1 Å². The molecule has 0 saturated heterocycles. The molecule has 2 aromatic rings. The Morgan fingerprint density at radius 3 is 1.61 bits per heavy atom. The first kappa shape index (κ1) is 30.4. The number of pyridine rings is 2. The van der Waals surface area contributed by atoms with E-state index in [4.69, 9.17) is 0 Å². The summed E-state index contributed by atoms with van der Waals surface area (Å²) in [6.07, 6.45) is -6.19. The van der Waals surface area contributed by atoms with E-state index < -0.39 is 24.2 Å². The van der Waals surface area contributed by atoms with Gasteiger partial charge in [0.2, 0.25) is 0 Å². The van der Waals surface area contributed by atoms with Gasteiger partial charge in [-0.3, -0.25) is 4.79 Å². The normalized spacial score (nSPS) is 13.6. The van der Waals surface area contributed by atoms with Crippen LogP contribution in [0.3, 0.4) is 0 Å². The maximum Gasteiger partial charge on any atom is 0.395 e. The number of carbonyl (C=O) groups is 1. The lowest BCUT2D eigenvalue weighted by Crippen LogP contribution is -2.21. The predicted molar refractivity (Wildman–Crippen MR) is 128 cm³/mol. The lowest BCUT2D eigenvalue weighted by Gasteiger charge is -2.20.